The van der Waals surface area contributed by atoms with E-state index in [1.54, 1.807) is 30.8 Å². The third-order valence-electron chi connectivity index (χ3n) is 5.82. The summed E-state index contributed by atoms with van der Waals surface area (Å²) in [4.78, 5) is 26.3. The molecular formula is C23H26N4O6S. The minimum atomic E-state index is -3.82. The first-order valence-electron chi connectivity index (χ1n) is 10.7. The summed E-state index contributed by atoms with van der Waals surface area (Å²) in [5, 5.41) is 2.66. The molecule has 2 heterocycles. The molecule has 1 aliphatic heterocycles. The van der Waals surface area contributed by atoms with E-state index in [4.69, 9.17) is 9.47 Å². The Morgan fingerprint density at radius 3 is 2.41 bits per heavy atom. The summed E-state index contributed by atoms with van der Waals surface area (Å²) in [6.07, 6.45) is 0. The van der Waals surface area contributed by atoms with Crippen molar-refractivity contribution in [3.8, 4) is 11.4 Å². The Bertz CT molecular complexity index is 1370. The average molecular weight is 487 g/mol. The summed E-state index contributed by atoms with van der Waals surface area (Å²) in [5.74, 6) is -0.461. The van der Waals surface area contributed by atoms with E-state index in [1.807, 2.05) is 18.2 Å². The number of morpholine rings is 1. The fourth-order valence-electron chi connectivity index (χ4n) is 3.85. The number of rotatable bonds is 6. The Kier molecular flexibility index (Phi) is 6.60. The molecule has 0 spiro atoms. The Morgan fingerprint density at radius 1 is 1.09 bits per heavy atom. The second kappa shape index (κ2) is 9.45. The summed E-state index contributed by atoms with van der Waals surface area (Å²) in [6, 6.07) is 13.1. The number of methoxy groups -OCH3 is 1. The number of hydrogen-bond acceptors (Lipinski definition) is 6. The van der Waals surface area contributed by atoms with Crippen molar-refractivity contribution in [2.75, 3.05) is 38.7 Å². The molecule has 0 aliphatic carbocycles. The van der Waals surface area contributed by atoms with Crippen LogP contribution in [-0.4, -0.2) is 61.4 Å². The Morgan fingerprint density at radius 2 is 1.76 bits per heavy atom. The first-order valence-corrected chi connectivity index (χ1v) is 12.1. The summed E-state index contributed by atoms with van der Waals surface area (Å²) in [7, 11) is -0.718. The van der Waals surface area contributed by atoms with E-state index in [0.717, 1.165) is 0 Å². The number of ether oxygens (including phenoxy) is 2. The zero-order valence-electron chi connectivity index (χ0n) is 19.1. The number of sulfonamides is 1. The van der Waals surface area contributed by atoms with Crippen LogP contribution in [0, 0.1) is 6.92 Å². The number of benzene rings is 2. The highest BCUT2D eigenvalue weighted by atomic mass is 32.2. The van der Waals surface area contributed by atoms with Gasteiger partial charge in [0.25, 0.3) is 11.5 Å². The zero-order chi connectivity index (χ0) is 24.5. The molecule has 0 radical (unpaired) electrons. The molecule has 1 aromatic heterocycles. The molecule has 1 aliphatic rings. The van der Waals surface area contributed by atoms with Crippen molar-refractivity contribution in [1.82, 2.24) is 13.7 Å². The third kappa shape index (κ3) is 4.25. The molecule has 34 heavy (non-hydrogen) atoms. The zero-order valence-corrected chi connectivity index (χ0v) is 20.0. The van der Waals surface area contributed by atoms with Crippen molar-refractivity contribution in [2.45, 2.75) is 11.8 Å². The molecule has 0 saturated carbocycles. The fraction of sp³-hybridized carbons (Fsp3) is 0.304. The van der Waals surface area contributed by atoms with Crippen molar-refractivity contribution in [1.29, 1.82) is 0 Å². The first kappa shape index (κ1) is 23.7. The van der Waals surface area contributed by atoms with Gasteiger partial charge in [0.05, 0.1) is 42.2 Å². The van der Waals surface area contributed by atoms with Gasteiger partial charge in [0.1, 0.15) is 11.4 Å². The van der Waals surface area contributed by atoms with E-state index in [1.165, 1.54) is 34.3 Å². The van der Waals surface area contributed by atoms with Crippen LogP contribution in [0.3, 0.4) is 0 Å². The van der Waals surface area contributed by atoms with Crippen LogP contribution in [0.25, 0.3) is 5.69 Å². The van der Waals surface area contributed by atoms with E-state index in [9.17, 15) is 18.0 Å². The molecule has 1 amide bonds. The molecule has 180 valence electrons. The van der Waals surface area contributed by atoms with Crippen LogP contribution in [0.1, 0.15) is 16.1 Å². The Labute approximate surface area is 197 Å². The highest BCUT2D eigenvalue weighted by molar-refractivity contribution is 7.89. The second-order valence-electron chi connectivity index (χ2n) is 7.77. The third-order valence-corrected chi connectivity index (χ3v) is 7.71. The number of aromatic nitrogens is 2. The highest BCUT2D eigenvalue weighted by Crippen LogP contribution is 2.26. The summed E-state index contributed by atoms with van der Waals surface area (Å²) >= 11 is 0. The highest BCUT2D eigenvalue weighted by Gasteiger charge is 2.28. The number of hydrogen-bond donors (Lipinski definition) is 1. The number of carbonyl (C=O) groups excluding carboxylic acids is 1. The molecular weight excluding hydrogens is 460 g/mol. The number of nitrogens with zero attached hydrogens (tertiary/aromatic N) is 3. The maximum absolute atomic E-state index is 13.2. The van der Waals surface area contributed by atoms with Crippen molar-refractivity contribution >= 4 is 21.6 Å². The minimum Gasteiger partial charge on any atom is -0.496 e. The molecule has 1 N–H and O–H groups in total. The molecule has 11 heteroatoms. The van der Waals surface area contributed by atoms with E-state index in [2.05, 4.69) is 5.32 Å². The standard InChI is InChI=1S/C23H26N4O6S/c1-16-21(23(29)27(25(16)2)17-7-5-4-6-8-17)24-22(28)19-15-18(9-10-20(19)32-3)34(30,31)26-11-13-33-14-12-26/h4-10,15H,11-14H2,1-3H3,(H,24,28). The quantitative estimate of drug-likeness (QED) is 0.568. The van der Waals surface area contributed by atoms with Gasteiger partial charge in [-0.2, -0.15) is 4.31 Å². The molecule has 2 aromatic carbocycles. The predicted molar refractivity (Wildman–Crippen MR) is 126 cm³/mol. The molecule has 0 bridgehead atoms. The lowest BCUT2D eigenvalue weighted by Gasteiger charge is -2.26. The molecule has 1 saturated heterocycles. The molecule has 3 aromatic rings. The Balaban J connectivity index is 1.70. The number of carbonyl (C=O) groups is 1. The Hall–Kier alpha value is -3.41. The maximum Gasteiger partial charge on any atom is 0.295 e. The second-order valence-corrected chi connectivity index (χ2v) is 9.71. The van der Waals surface area contributed by atoms with Gasteiger partial charge < -0.3 is 14.8 Å². The minimum absolute atomic E-state index is 0.00532. The molecule has 10 nitrogen and oxygen atoms in total. The van der Waals surface area contributed by atoms with Gasteiger partial charge in [-0.1, -0.05) is 18.2 Å². The van der Waals surface area contributed by atoms with Crippen molar-refractivity contribution in [3.63, 3.8) is 0 Å². The average Bonchev–Trinajstić information content (AvgIpc) is 3.07. The van der Waals surface area contributed by atoms with Crippen LogP contribution >= 0.6 is 0 Å². The molecule has 0 unspecified atom stereocenters. The van der Waals surface area contributed by atoms with Gasteiger partial charge >= 0.3 is 0 Å². The summed E-state index contributed by atoms with van der Waals surface area (Å²) in [6.45, 7) is 2.80. The summed E-state index contributed by atoms with van der Waals surface area (Å²) in [5.41, 5.74) is 0.884. The number of para-hydroxylation sites is 1. The SMILES string of the molecule is COc1ccc(S(=O)(=O)N2CCOCC2)cc1C(=O)Nc1c(C)n(C)n(-c2ccccc2)c1=O. The van der Waals surface area contributed by atoms with Gasteiger partial charge in [-0.3, -0.25) is 14.3 Å². The van der Waals surface area contributed by atoms with Crippen molar-refractivity contribution < 1.29 is 22.7 Å². The fourth-order valence-corrected chi connectivity index (χ4v) is 5.29. The van der Waals surface area contributed by atoms with Gasteiger partial charge in [0.15, 0.2) is 0 Å². The van der Waals surface area contributed by atoms with Crippen LogP contribution in [0.5, 0.6) is 5.75 Å². The number of nitrogens with one attached hydrogen (secondary N) is 1. The van der Waals surface area contributed by atoms with Gasteiger partial charge in [-0.25, -0.2) is 13.1 Å². The lowest BCUT2D eigenvalue weighted by molar-refractivity contribution is 0.0730. The van der Waals surface area contributed by atoms with E-state index < -0.39 is 21.5 Å². The number of anilines is 1. The van der Waals surface area contributed by atoms with E-state index in [0.29, 0.717) is 24.6 Å². The van der Waals surface area contributed by atoms with Gasteiger partial charge in [0, 0.05) is 20.1 Å². The van der Waals surface area contributed by atoms with Gasteiger partial charge in [0.2, 0.25) is 10.0 Å². The smallest absolute Gasteiger partial charge is 0.295 e. The molecule has 0 atom stereocenters. The van der Waals surface area contributed by atoms with Crippen LogP contribution in [0.2, 0.25) is 0 Å². The molecule has 4 rings (SSSR count). The van der Waals surface area contributed by atoms with E-state index in [-0.39, 0.29) is 35.0 Å². The topological polar surface area (TPSA) is 112 Å². The van der Waals surface area contributed by atoms with Gasteiger partial charge in [-0.05, 0) is 37.3 Å². The van der Waals surface area contributed by atoms with Crippen LogP contribution < -0.4 is 15.6 Å². The van der Waals surface area contributed by atoms with E-state index >= 15 is 0 Å². The van der Waals surface area contributed by atoms with Crippen molar-refractivity contribution in [2.24, 2.45) is 7.05 Å². The van der Waals surface area contributed by atoms with Crippen LogP contribution in [-0.2, 0) is 21.8 Å². The maximum atomic E-state index is 13.2. The summed E-state index contributed by atoms with van der Waals surface area (Å²) < 4.78 is 41.1. The predicted octanol–water partition coefficient (Wildman–Crippen LogP) is 1.77. The normalized spacial score (nSPS) is 14.7. The van der Waals surface area contributed by atoms with Gasteiger partial charge in [-0.15, -0.1) is 0 Å². The number of amides is 1. The lowest BCUT2D eigenvalue weighted by atomic mass is 10.2. The van der Waals surface area contributed by atoms with Crippen LogP contribution in [0.4, 0.5) is 5.69 Å². The largest absolute Gasteiger partial charge is 0.496 e. The monoisotopic (exact) mass is 486 g/mol. The van der Waals surface area contributed by atoms with Crippen LogP contribution in [0.15, 0.2) is 58.2 Å². The lowest BCUT2D eigenvalue weighted by Crippen LogP contribution is -2.40. The first-order chi connectivity index (χ1) is 16.3. The van der Waals surface area contributed by atoms with Crippen molar-refractivity contribution in [3.05, 3.63) is 70.1 Å². The molecule has 1 fully saturated rings.